The van der Waals surface area contributed by atoms with Crippen molar-refractivity contribution in [2.24, 2.45) is 0 Å². The van der Waals surface area contributed by atoms with Gasteiger partial charge in [0, 0.05) is 29.8 Å². The van der Waals surface area contributed by atoms with E-state index in [0.717, 1.165) is 39.6 Å². The minimum Gasteiger partial charge on any atom is -0.542 e. The molecular weight excluding hydrogens is 482 g/mol. The first-order chi connectivity index (χ1) is 17.2. The average molecular weight is 519 g/mol. The molecule has 0 aliphatic rings. The van der Waals surface area contributed by atoms with E-state index in [1.807, 2.05) is 11.6 Å². The van der Waals surface area contributed by atoms with E-state index in [0.29, 0.717) is 6.61 Å². The Labute approximate surface area is 221 Å². The summed E-state index contributed by atoms with van der Waals surface area (Å²) in [6.45, 7) is 13.6. The molecule has 0 fully saturated rings. The van der Waals surface area contributed by atoms with E-state index >= 15 is 0 Å². The monoisotopic (exact) mass is 518 g/mol. The fourth-order valence-corrected chi connectivity index (χ4v) is 6.25. The first-order valence-electron chi connectivity index (χ1n) is 12.4. The van der Waals surface area contributed by atoms with Gasteiger partial charge in [-0.25, -0.2) is 4.98 Å². The van der Waals surface area contributed by atoms with Crippen LogP contribution in [0.5, 0.6) is 11.5 Å². The van der Waals surface area contributed by atoms with Crippen LogP contribution in [0, 0.1) is 0 Å². The summed E-state index contributed by atoms with van der Waals surface area (Å²) >= 11 is 1.61. The second-order valence-electron chi connectivity index (χ2n) is 10.3. The standard InChI is InChI=1S/C30H36NO3SSi/c1-8-30(32-5,28-31-17-18-35-28)24-15-16-25(26(29(2,3)4)27(24)34-36(6)7)33-20-21-13-14-22-11-9-10-12-23(22)19-21/h9-19H,8,20H2,1-7H3. The SMILES string of the molecule is CCC(OC)(c1nccs1)c1ccc(OCc2ccc3ccccc3c2)c(C(C)(C)C)c1O[Si](C)C. The van der Waals surface area contributed by atoms with Crippen LogP contribution in [0.15, 0.2) is 66.2 Å². The van der Waals surface area contributed by atoms with E-state index in [2.05, 4.69) is 100 Å². The number of ether oxygens (including phenoxy) is 2. The second-order valence-corrected chi connectivity index (χ2v) is 13.2. The van der Waals surface area contributed by atoms with E-state index in [4.69, 9.17) is 13.9 Å². The number of hydrogen-bond acceptors (Lipinski definition) is 5. The molecule has 1 atom stereocenters. The van der Waals surface area contributed by atoms with Crippen LogP contribution in [0.1, 0.15) is 55.8 Å². The predicted molar refractivity (Wildman–Crippen MR) is 152 cm³/mol. The van der Waals surface area contributed by atoms with Crippen LogP contribution in [0.4, 0.5) is 0 Å². The zero-order valence-corrected chi connectivity index (χ0v) is 24.2. The smallest absolute Gasteiger partial charge is 0.274 e. The van der Waals surface area contributed by atoms with E-state index in [1.165, 1.54) is 10.8 Å². The molecular formula is C30H36NO3SSi. The fourth-order valence-electron chi connectivity index (χ4n) is 4.73. The second kappa shape index (κ2) is 10.7. The zero-order chi connectivity index (χ0) is 25.9. The van der Waals surface area contributed by atoms with Gasteiger partial charge in [-0.05, 0) is 59.5 Å². The van der Waals surface area contributed by atoms with Gasteiger partial charge in [-0.1, -0.05) is 64.1 Å². The minimum atomic E-state index is -1.07. The third-order valence-electron chi connectivity index (χ3n) is 6.44. The third kappa shape index (κ3) is 5.22. The normalized spacial score (nSPS) is 13.7. The molecule has 4 aromatic rings. The van der Waals surface area contributed by atoms with Gasteiger partial charge in [-0.2, -0.15) is 0 Å². The van der Waals surface area contributed by atoms with Crippen molar-refractivity contribution in [3.05, 3.63) is 87.9 Å². The summed E-state index contributed by atoms with van der Waals surface area (Å²) in [6.07, 6.45) is 2.58. The van der Waals surface area contributed by atoms with Crippen LogP contribution in [-0.2, 0) is 22.4 Å². The van der Waals surface area contributed by atoms with Crippen molar-refractivity contribution >= 4 is 31.1 Å². The molecule has 4 nitrogen and oxygen atoms in total. The number of thiazole rings is 1. The summed E-state index contributed by atoms with van der Waals surface area (Å²) in [5, 5.41) is 5.38. The van der Waals surface area contributed by atoms with Crippen LogP contribution in [0.3, 0.4) is 0 Å². The fraction of sp³-hybridized carbons (Fsp3) is 0.367. The van der Waals surface area contributed by atoms with Gasteiger partial charge >= 0.3 is 0 Å². The summed E-state index contributed by atoms with van der Waals surface area (Å²) < 4.78 is 19.5. The highest BCUT2D eigenvalue weighted by molar-refractivity contribution is 7.09. The Morgan fingerprint density at radius 1 is 0.972 bits per heavy atom. The van der Waals surface area contributed by atoms with Crippen molar-refractivity contribution in [3.63, 3.8) is 0 Å². The molecule has 1 radical (unpaired) electrons. The molecule has 0 saturated carbocycles. The number of nitrogens with zero attached hydrogens (tertiary/aromatic N) is 1. The Morgan fingerprint density at radius 3 is 2.33 bits per heavy atom. The van der Waals surface area contributed by atoms with Gasteiger partial charge in [-0.3, -0.25) is 0 Å². The molecule has 4 rings (SSSR count). The maximum Gasteiger partial charge on any atom is 0.274 e. The van der Waals surface area contributed by atoms with Crippen molar-refractivity contribution in [1.82, 2.24) is 4.98 Å². The summed E-state index contributed by atoms with van der Waals surface area (Å²) in [7, 11) is 0.694. The van der Waals surface area contributed by atoms with Gasteiger partial charge in [0.25, 0.3) is 9.04 Å². The van der Waals surface area contributed by atoms with Gasteiger partial charge in [-0.15, -0.1) is 11.3 Å². The van der Waals surface area contributed by atoms with Gasteiger partial charge in [0.2, 0.25) is 0 Å². The molecule has 0 bridgehead atoms. The molecule has 36 heavy (non-hydrogen) atoms. The predicted octanol–water partition coefficient (Wildman–Crippen LogP) is 8.10. The number of rotatable bonds is 9. The van der Waals surface area contributed by atoms with Crippen molar-refractivity contribution in [2.75, 3.05) is 7.11 Å². The highest BCUT2D eigenvalue weighted by Gasteiger charge is 2.41. The van der Waals surface area contributed by atoms with Crippen LogP contribution < -0.4 is 9.16 Å². The third-order valence-corrected chi connectivity index (χ3v) is 7.97. The van der Waals surface area contributed by atoms with Crippen LogP contribution in [0.2, 0.25) is 13.1 Å². The lowest BCUT2D eigenvalue weighted by atomic mass is 9.80. The quantitative estimate of drug-likeness (QED) is 0.210. The van der Waals surface area contributed by atoms with E-state index < -0.39 is 14.6 Å². The molecule has 0 aliphatic carbocycles. The lowest BCUT2D eigenvalue weighted by Gasteiger charge is -2.35. The molecule has 6 heteroatoms. The maximum atomic E-state index is 6.68. The summed E-state index contributed by atoms with van der Waals surface area (Å²) in [5.41, 5.74) is 2.32. The first kappa shape index (κ1) is 26.4. The Balaban J connectivity index is 1.82. The van der Waals surface area contributed by atoms with E-state index in [-0.39, 0.29) is 5.41 Å². The largest absolute Gasteiger partial charge is 0.542 e. The molecule has 3 aromatic carbocycles. The van der Waals surface area contributed by atoms with Gasteiger partial charge in [0.15, 0.2) is 0 Å². The Kier molecular flexibility index (Phi) is 7.88. The van der Waals surface area contributed by atoms with Crippen molar-refractivity contribution < 1.29 is 13.9 Å². The van der Waals surface area contributed by atoms with Gasteiger partial charge in [0.05, 0.1) is 0 Å². The molecule has 1 aromatic heterocycles. The van der Waals surface area contributed by atoms with E-state index in [9.17, 15) is 0 Å². The van der Waals surface area contributed by atoms with Crippen LogP contribution in [0.25, 0.3) is 10.8 Å². The first-order valence-corrected chi connectivity index (χ1v) is 15.7. The zero-order valence-electron chi connectivity index (χ0n) is 22.3. The van der Waals surface area contributed by atoms with Crippen molar-refractivity contribution in [2.45, 2.75) is 64.8 Å². The van der Waals surface area contributed by atoms with Gasteiger partial charge in [0.1, 0.15) is 28.7 Å². The van der Waals surface area contributed by atoms with Crippen molar-refractivity contribution in [1.29, 1.82) is 0 Å². The highest BCUT2D eigenvalue weighted by Crippen LogP contribution is 2.49. The maximum absolute atomic E-state index is 6.68. The highest BCUT2D eigenvalue weighted by atomic mass is 32.1. The molecule has 0 aliphatic heterocycles. The Hall–Kier alpha value is -2.67. The molecule has 1 unspecified atom stereocenters. The van der Waals surface area contributed by atoms with Crippen molar-refractivity contribution in [3.8, 4) is 11.5 Å². The topological polar surface area (TPSA) is 40.6 Å². The summed E-state index contributed by atoms with van der Waals surface area (Å²) in [5.74, 6) is 1.72. The van der Waals surface area contributed by atoms with Crippen LogP contribution in [-0.4, -0.2) is 21.1 Å². The Morgan fingerprint density at radius 2 is 1.72 bits per heavy atom. The number of fused-ring (bicyclic) bond motifs is 1. The molecule has 0 N–H and O–H groups in total. The number of hydrogen-bond donors (Lipinski definition) is 0. The summed E-state index contributed by atoms with van der Waals surface area (Å²) in [6, 6.07) is 19.1. The van der Waals surface area contributed by atoms with Gasteiger partial charge < -0.3 is 13.9 Å². The average Bonchev–Trinajstić information content (AvgIpc) is 3.39. The lowest BCUT2D eigenvalue weighted by Crippen LogP contribution is -2.32. The molecule has 1 heterocycles. The Bertz CT molecular complexity index is 1310. The van der Waals surface area contributed by atoms with Crippen LogP contribution >= 0.6 is 11.3 Å². The number of methoxy groups -OCH3 is 1. The molecule has 189 valence electrons. The minimum absolute atomic E-state index is 0.211. The molecule has 0 amide bonds. The molecule has 0 spiro atoms. The van der Waals surface area contributed by atoms with E-state index in [1.54, 1.807) is 18.4 Å². The lowest BCUT2D eigenvalue weighted by molar-refractivity contribution is 0.0170. The molecule has 0 saturated heterocycles. The summed E-state index contributed by atoms with van der Waals surface area (Å²) in [4.78, 5) is 4.66. The number of benzene rings is 3. The number of aromatic nitrogens is 1.